The second kappa shape index (κ2) is 6.81. The molecular weight excluding hydrogens is 348 g/mol. The zero-order chi connectivity index (χ0) is 18.0. The maximum atomic E-state index is 14.2. The summed E-state index contributed by atoms with van der Waals surface area (Å²) in [5.41, 5.74) is 0.561. The van der Waals surface area contributed by atoms with E-state index in [-0.39, 0.29) is 12.2 Å². The largest absolute Gasteiger partial charge is 0.331 e. The number of benzene rings is 2. The quantitative estimate of drug-likeness (QED) is 0.829. The van der Waals surface area contributed by atoms with Gasteiger partial charge < -0.3 is 5.32 Å². The Morgan fingerprint density at radius 2 is 1.76 bits per heavy atom. The lowest BCUT2D eigenvalue weighted by molar-refractivity contribution is 0.579. The summed E-state index contributed by atoms with van der Waals surface area (Å²) in [4.78, 5) is 0. The first kappa shape index (κ1) is 17.4. The summed E-state index contributed by atoms with van der Waals surface area (Å²) in [6.45, 7) is 0.714. The first-order valence-electron chi connectivity index (χ1n) is 7.63. The molecule has 2 aromatic carbocycles. The summed E-state index contributed by atoms with van der Waals surface area (Å²) in [6.07, 6.45) is 3.52. The summed E-state index contributed by atoms with van der Waals surface area (Å²) in [5, 5.41) is 2.93. The number of nitrogens with zero attached hydrogens (tertiary/aromatic N) is 2. The van der Waals surface area contributed by atoms with Crippen molar-refractivity contribution in [2.75, 3.05) is 28.7 Å². The minimum Gasteiger partial charge on any atom is -0.316 e. The van der Waals surface area contributed by atoms with Crippen molar-refractivity contribution in [1.82, 2.24) is 5.32 Å². The van der Waals surface area contributed by atoms with Crippen LogP contribution in [-0.2, 0) is 10.2 Å². The van der Waals surface area contributed by atoms with Crippen molar-refractivity contribution in [2.24, 2.45) is 0 Å². The highest BCUT2D eigenvalue weighted by Crippen LogP contribution is 2.45. The number of para-hydroxylation sites is 2. The predicted molar refractivity (Wildman–Crippen MR) is 94.3 cm³/mol. The third-order valence-electron chi connectivity index (χ3n) is 3.77. The number of likely N-dealkylation sites (N-methyl/N-ethyl adjacent to an activating group) is 1. The average Bonchev–Trinajstić information content (AvgIpc) is 2.79. The van der Waals surface area contributed by atoms with Crippen LogP contribution in [0, 0.1) is 11.6 Å². The van der Waals surface area contributed by atoms with Crippen LogP contribution in [0.15, 0.2) is 54.6 Å². The van der Waals surface area contributed by atoms with E-state index in [4.69, 9.17) is 0 Å². The van der Waals surface area contributed by atoms with Crippen LogP contribution in [0.3, 0.4) is 0 Å². The molecule has 0 amide bonds. The van der Waals surface area contributed by atoms with Crippen molar-refractivity contribution in [3.8, 4) is 0 Å². The van der Waals surface area contributed by atoms with Gasteiger partial charge in [0.2, 0.25) is 0 Å². The van der Waals surface area contributed by atoms with Crippen molar-refractivity contribution in [2.45, 2.75) is 0 Å². The Kier molecular flexibility index (Phi) is 4.73. The van der Waals surface area contributed by atoms with Gasteiger partial charge in [0.25, 0.3) is 0 Å². The van der Waals surface area contributed by atoms with Gasteiger partial charge in [-0.15, -0.1) is 0 Å². The third kappa shape index (κ3) is 3.10. The van der Waals surface area contributed by atoms with Gasteiger partial charge in [-0.1, -0.05) is 24.3 Å². The Morgan fingerprint density at radius 3 is 2.44 bits per heavy atom. The monoisotopic (exact) mass is 365 g/mol. The highest BCUT2D eigenvalue weighted by Gasteiger charge is 2.41. The Hall–Kier alpha value is -2.45. The number of fused-ring (bicyclic) bond motifs is 1. The molecule has 0 atom stereocenters. The van der Waals surface area contributed by atoms with Crippen LogP contribution in [0.4, 0.5) is 25.8 Å². The molecule has 0 aliphatic carbocycles. The molecule has 8 heteroatoms. The first-order chi connectivity index (χ1) is 12.0. The fourth-order valence-corrected chi connectivity index (χ4v) is 4.33. The van der Waals surface area contributed by atoms with Gasteiger partial charge in [0.1, 0.15) is 5.82 Å². The molecule has 0 unspecified atom stereocenters. The van der Waals surface area contributed by atoms with Gasteiger partial charge in [-0.3, -0.25) is 0 Å². The van der Waals surface area contributed by atoms with E-state index in [0.717, 1.165) is 16.4 Å². The summed E-state index contributed by atoms with van der Waals surface area (Å²) >= 11 is 0. The molecule has 0 radical (unpaired) electrons. The number of hydrogen-bond donors (Lipinski definition) is 1. The zero-order valence-electron chi connectivity index (χ0n) is 13.5. The normalized spacial score (nSPS) is 15.8. The number of hydrogen-bond acceptors (Lipinski definition) is 3. The molecule has 0 saturated heterocycles. The van der Waals surface area contributed by atoms with Crippen molar-refractivity contribution < 1.29 is 17.2 Å². The third-order valence-corrected chi connectivity index (χ3v) is 5.52. The van der Waals surface area contributed by atoms with E-state index in [1.54, 1.807) is 43.5 Å². The molecule has 0 spiro atoms. The Labute approximate surface area is 145 Å². The molecule has 132 valence electrons. The fourth-order valence-electron chi connectivity index (χ4n) is 2.66. The number of nitrogens with one attached hydrogen (secondary N) is 1. The van der Waals surface area contributed by atoms with Gasteiger partial charge in [0.05, 0.1) is 23.6 Å². The Bertz CT molecular complexity index is 916. The minimum absolute atomic E-state index is 0.111. The predicted octanol–water partition coefficient (Wildman–Crippen LogP) is 2.94. The molecule has 3 rings (SSSR count). The van der Waals surface area contributed by atoms with Crippen LogP contribution < -0.4 is 13.9 Å². The van der Waals surface area contributed by atoms with Crippen LogP contribution in [0.1, 0.15) is 0 Å². The maximum absolute atomic E-state index is 14.2. The summed E-state index contributed by atoms with van der Waals surface area (Å²) in [5.74, 6) is -1.70. The fraction of sp³-hybridized carbons (Fsp3) is 0.176. The van der Waals surface area contributed by atoms with E-state index in [1.807, 2.05) is 0 Å². The standard InChI is InChI=1S/C17H17F2N3O2S/c1-20-10-4-5-11-21-16-6-2-3-7-17(16)22(25(21,23)24)15-9-8-13(18)12-14(15)19/h2-9,12,20H,10-11H2,1H3. The molecule has 0 fully saturated rings. The molecule has 1 heterocycles. The molecule has 25 heavy (non-hydrogen) atoms. The van der Waals surface area contributed by atoms with Crippen LogP contribution in [0.2, 0.25) is 0 Å². The van der Waals surface area contributed by atoms with E-state index in [0.29, 0.717) is 24.0 Å². The lowest BCUT2D eigenvalue weighted by Gasteiger charge is -2.21. The SMILES string of the molecule is CNCC=CCN1c2ccccc2N(c2ccc(F)cc2F)S1(=O)=O. The molecule has 1 aliphatic heterocycles. The van der Waals surface area contributed by atoms with Crippen molar-refractivity contribution in [3.05, 3.63) is 66.3 Å². The zero-order valence-corrected chi connectivity index (χ0v) is 14.3. The minimum atomic E-state index is -4.03. The van der Waals surface area contributed by atoms with Gasteiger partial charge in [-0.2, -0.15) is 8.42 Å². The lowest BCUT2D eigenvalue weighted by atomic mass is 10.2. The van der Waals surface area contributed by atoms with Crippen LogP contribution in [-0.4, -0.2) is 28.6 Å². The van der Waals surface area contributed by atoms with Crippen LogP contribution in [0.5, 0.6) is 0 Å². The van der Waals surface area contributed by atoms with Crippen molar-refractivity contribution in [3.63, 3.8) is 0 Å². The second-order valence-electron chi connectivity index (χ2n) is 5.42. The summed E-state index contributed by atoms with van der Waals surface area (Å²) < 4.78 is 55.5. The first-order valence-corrected chi connectivity index (χ1v) is 9.03. The molecule has 0 saturated carbocycles. The van der Waals surface area contributed by atoms with E-state index in [2.05, 4.69) is 5.32 Å². The number of rotatable bonds is 5. The molecule has 2 aromatic rings. The topological polar surface area (TPSA) is 52.6 Å². The summed E-state index contributed by atoms with van der Waals surface area (Å²) in [7, 11) is -2.25. The smallest absolute Gasteiger partial charge is 0.316 e. The second-order valence-corrected chi connectivity index (χ2v) is 7.12. The van der Waals surface area contributed by atoms with E-state index >= 15 is 0 Å². The van der Waals surface area contributed by atoms with Gasteiger partial charge in [0, 0.05) is 12.6 Å². The average molecular weight is 365 g/mol. The van der Waals surface area contributed by atoms with E-state index < -0.39 is 21.8 Å². The highest BCUT2D eigenvalue weighted by atomic mass is 32.2. The Balaban J connectivity index is 2.08. The molecule has 0 aromatic heterocycles. The van der Waals surface area contributed by atoms with Gasteiger partial charge in [0.15, 0.2) is 5.82 Å². The molecule has 5 nitrogen and oxygen atoms in total. The van der Waals surface area contributed by atoms with Crippen molar-refractivity contribution in [1.29, 1.82) is 0 Å². The van der Waals surface area contributed by atoms with E-state index in [1.165, 1.54) is 4.31 Å². The summed E-state index contributed by atoms with van der Waals surface area (Å²) in [6, 6.07) is 9.45. The molecule has 1 aliphatic rings. The maximum Gasteiger partial charge on any atom is 0.331 e. The van der Waals surface area contributed by atoms with Crippen LogP contribution in [0.25, 0.3) is 0 Å². The molecule has 1 N–H and O–H groups in total. The van der Waals surface area contributed by atoms with Gasteiger partial charge in [-0.25, -0.2) is 17.4 Å². The van der Waals surface area contributed by atoms with E-state index in [9.17, 15) is 17.2 Å². The number of halogens is 2. The highest BCUT2D eigenvalue weighted by molar-refractivity contribution is 7.95. The lowest BCUT2D eigenvalue weighted by Crippen LogP contribution is -2.35. The number of anilines is 3. The van der Waals surface area contributed by atoms with Crippen molar-refractivity contribution >= 4 is 27.3 Å². The molecular formula is C17H17F2N3O2S. The van der Waals surface area contributed by atoms with Crippen LogP contribution >= 0.6 is 0 Å². The Morgan fingerprint density at radius 1 is 1.04 bits per heavy atom. The van der Waals surface area contributed by atoms with Gasteiger partial charge >= 0.3 is 10.2 Å². The molecule has 0 bridgehead atoms. The van der Waals surface area contributed by atoms with Gasteiger partial charge in [-0.05, 0) is 31.3 Å².